The number of halogens is 2. The molecule has 0 bridgehead atoms. The van der Waals surface area contributed by atoms with Crippen LogP contribution in [-0.4, -0.2) is 24.9 Å². The monoisotopic (exact) mass is 222 g/mol. The van der Waals surface area contributed by atoms with Gasteiger partial charge in [-0.25, -0.2) is 0 Å². The summed E-state index contributed by atoms with van der Waals surface area (Å²) in [5.41, 5.74) is 0. The summed E-state index contributed by atoms with van der Waals surface area (Å²) in [6.07, 6.45) is 0. The molecule has 0 saturated carbocycles. The van der Waals surface area contributed by atoms with Gasteiger partial charge in [0.15, 0.2) is 0 Å². The van der Waals surface area contributed by atoms with Gasteiger partial charge in [0, 0.05) is 0 Å². The van der Waals surface area contributed by atoms with Crippen molar-refractivity contribution in [3.05, 3.63) is 30.3 Å². The van der Waals surface area contributed by atoms with E-state index >= 15 is 0 Å². The molecule has 0 heterocycles. The number of benzene rings is 1. The van der Waals surface area contributed by atoms with E-state index in [2.05, 4.69) is 12.1 Å². The highest BCUT2D eigenvalue weighted by Gasteiger charge is 1.99. The lowest BCUT2D eigenvalue weighted by molar-refractivity contribution is 1.75. The number of alkyl halides is 2. The first-order valence-corrected chi connectivity index (χ1v) is 5.51. The molecule has 0 aromatic heterocycles. The maximum atomic E-state index is 5.64. The van der Waals surface area contributed by atoms with Crippen molar-refractivity contribution in [3.8, 4) is 0 Å². The second kappa shape index (κ2) is 5.83. The molecule has 11 heavy (non-hydrogen) atoms. The molecule has 0 nitrogen and oxygen atoms in total. The Kier molecular flexibility index (Phi) is 5.95. The average Bonchev–Trinajstić information content (AvgIpc) is 1.88. The Balaban J connectivity index is 0.000001000. The van der Waals surface area contributed by atoms with Crippen molar-refractivity contribution in [2.24, 2.45) is 0 Å². The number of hydrogen-bond acceptors (Lipinski definition) is 0. The third kappa shape index (κ3) is 4.64. The molecule has 0 amide bonds. The zero-order valence-corrected chi connectivity index (χ0v) is 8.35. The van der Waals surface area contributed by atoms with Crippen molar-refractivity contribution in [2.45, 2.75) is 4.46 Å². The highest BCUT2D eigenvalue weighted by Crippen LogP contribution is 1.97. The van der Waals surface area contributed by atoms with Crippen LogP contribution in [0.25, 0.3) is 0 Å². The first-order valence-electron chi connectivity index (χ1n) is 3.11. The molecule has 0 radical (unpaired) electrons. The number of hydrogen-bond donors (Lipinski definition) is 0. The quantitative estimate of drug-likeness (QED) is 0.481. The van der Waals surface area contributed by atoms with E-state index in [0.717, 1.165) is 0 Å². The van der Waals surface area contributed by atoms with Gasteiger partial charge in [-0.05, 0) is 11.0 Å². The van der Waals surface area contributed by atoms with E-state index in [1.54, 1.807) is 0 Å². The lowest BCUT2D eigenvalue weighted by atomic mass is 10.4. The summed E-state index contributed by atoms with van der Waals surface area (Å²) < 4.78 is -0.151. The summed E-state index contributed by atoms with van der Waals surface area (Å²) in [7, 11) is -0.446. The van der Waals surface area contributed by atoms with E-state index in [1.165, 1.54) is 5.19 Å². The van der Waals surface area contributed by atoms with Gasteiger partial charge in [-0.2, -0.15) is 0 Å². The first-order chi connectivity index (χ1) is 4.79. The lowest BCUT2D eigenvalue weighted by Gasteiger charge is -1.97. The molecule has 0 N–H and O–H groups in total. The second-order valence-electron chi connectivity index (χ2n) is 2.08. The van der Waals surface area contributed by atoms with Crippen molar-refractivity contribution >= 4 is 48.9 Å². The van der Waals surface area contributed by atoms with Crippen LogP contribution in [0.2, 0.25) is 0 Å². The molecule has 0 saturated heterocycles. The largest absolute Gasteiger partial charge is 0.110 e. The van der Waals surface area contributed by atoms with Crippen molar-refractivity contribution in [1.29, 1.82) is 0 Å². The summed E-state index contributed by atoms with van der Waals surface area (Å²) >= 11 is 11.3. The minimum absolute atomic E-state index is 0. The van der Waals surface area contributed by atoms with Crippen LogP contribution in [0.15, 0.2) is 30.3 Å². The van der Waals surface area contributed by atoms with Crippen LogP contribution in [0, 0.1) is 0 Å². The smallest absolute Gasteiger partial charge is 0.0957 e. The van der Waals surface area contributed by atoms with Crippen molar-refractivity contribution in [2.75, 3.05) is 0 Å². The minimum atomic E-state index is -0.446. The fourth-order valence-corrected chi connectivity index (χ4v) is 2.76. The van der Waals surface area contributed by atoms with Gasteiger partial charge in [-0.15, -0.1) is 23.2 Å². The summed E-state index contributed by atoms with van der Waals surface area (Å²) in [4.78, 5) is 0. The molecule has 1 aromatic rings. The van der Waals surface area contributed by atoms with Crippen LogP contribution in [0.3, 0.4) is 0 Å². The highest BCUT2D eigenvalue weighted by atomic mass is 35.5. The van der Waals surface area contributed by atoms with E-state index in [1.807, 2.05) is 18.2 Å². The van der Waals surface area contributed by atoms with Crippen LogP contribution < -0.4 is 5.19 Å². The third-order valence-corrected chi connectivity index (χ3v) is 3.41. The summed E-state index contributed by atoms with van der Waals surface area (Å²) in [5.74, 6) is 0. The Labute approximate surface area is 83.8 Å². The molecule has 4 heteroatoms. The van der Waals surface area contributed by atoms with Crippen molar-refractivity contribution in [1.82, 2.24) is 0 Å². The van der Waals surface area contributed by atoms with Gasteiger partial charge in [-0.3, -0.25) is 0 Å². The van der Waals surface area contributed by atoms with Gasteiger partial charge < -0.3 is 0 Å². The zero-order chi connectivity index (χ0) is 7.40. The van der Waals surface area contributed by atoms with Crippen LogP contribution in [0.1, 0.15) is 0 Å². The molecule has 0 fully saturated rings. The average molecular weight is 223 g/mol. The fourth-order valence-electron chi connectivity index (χ4n) is 0.792. The molecule has 0 unspecified atom stereocenters. The first kappa shape index (κ1) is 11.2. The topological polar surface area (TPSA) is 0 Å². The Morgan fingerprint density at radius 2 is 1.64 bits per heavy atom. The Hall–Kier alpha value is 0.234. The maximum absolute atomic E-state index is 5.64. The number of rotatable bonds is 2. The van der Waals surface area contributed by atoms with Crippen LogP contribution in [0.5, 0.6) is 0 Å². The van der Waals surface area contributed by atoms with Gasteiger partial charge in [0.05, 0.1) is 14.0 Å². The summed E-state index contributed by atoms with van der Waals surface area (Å²) in [5, 5.41) is 1.32. The molecular formula is C7H12Cl2Si2. The van der Waals surface area contributed by atoms with Crippen LogP contribution >= 0.6 is 23.2 Å². The van der Waals surface area contributed by atoms with E-state index in [-0.39, 0.29) is 15.4 Å². The van der Waals surface area contributed by atoms with Gasteiger partial charge in [0.1, 0.15) is 0 Å². The normalized spacial score (nSPS) is 10.5. The third-order valence-electron chi connectivity index (χ3n) is 1.23. The lowest BCUT2D eigenvalue weighted by Crippen LogP contribution is -2.19. The SMILES string of the molecule is ClC(Cl)[SiH2]c1ccccc1.[SiH4]. The summed E-state index contributed by atoms with van der Waals surface area (Å²) in [6, 6.07) is 10.2. The van der Waals surface area contributed by atoms with E-state index in [9.17, 15) is 0 Å². The molecule has 0 atom stereocenters. The molecule has 62 valence electrons. The molecule has 0 aliphatic rings. The maximum Gasteiger partial charge on any atom is 0.0957 e. The predicted octanol–water partition coefficient (Wildman–Crippen LogP) is -0.210. The Morgan fingerprint density at radius 1 is 1.09 bits per heavy atom. The molecule has 1 rings (SSSR count). The van der Waals surface area contributed by atoms with E-state index in [4.69, 9.17) is 23.2 Å². The molecule has 0 aliphatic carbocycles. The molecule has 0 aliphatic heterocycles. The second-order valence-corrected chi connectivity index (χ2v) is 6.43. The molecule has 0 spiro atoms. The van der Waals surface area contributed by atoms with Gasteiger partial charge in [0.2, 0.25) is 0 Å². The molecule has 1 aromatic carbocycles. The fraction of sp³-hybridized carbons (Fsp3) is 0.143. The van der Waals surface area contributed by atoms with E-state index in [0.29, 0.717) is 0 Å². The standard InChI is InChI=1S/C7H8Cl2Si.H4Si/c8-7(9)10-6-4-2-1-3-5-6;/h1-5,7H,10H2;1H4. The minimum Gasteiger partial charge on any atom is -0.110 e. The van der Waals surface area contributed by atoms with Gasteiger partial charge in [-0.1, -0.05) is 35.5 Å². The van der Waals surface area contributed by atoms with Gasteiger partial charge in [0.25, 0.3) is 0 Å². The molecular weight excluding hydrogens is 211 g/mol. The van der Waals surface area contributed by atoms with Crippen molar-refractivity contribution < 1.29 is 0 Å². The van der Waals surface area contributed by atoms with Crippen molar-refractivity contribution in [3.63, 3.8) is 0 Å². The van der Waals surface area contributed by atoms with Crippen LogP contribution in [-0.2, 0) is 0 Å². The van der Waals surface area contributed by atoms with Gasteiger partial charge >= 0.3 is 0 Å². The predicted molar refractivity (Wildman–Crippen MR) is 61.4 cm³/mol. The Morgan fingerprint density at radius 3 is 2.09 bits per heavy atom. The zero-order valence-electron chi connectivity index (χ0n) is 5.43. The Bertz CT molecular complexity index is 189. The van der Waals surface area contributed by atoms with E-state index < -0.39 is 9.52 Å². The summed E-state index contributed by atoms with van der Waals surface area (Å²) in [6.45, 7) is 0. The van der Waals surface area contributed by atoms with Crippen LogP contribution in [0.4, 0.5) is 0 Å². The highest BCUT2D eigenvalue weighted by molar-refractivity contribution is 6.75.